The van der Waals surface area contributed by atoms with E-state index in [1.54, 1.807) is 0 Å². The Labute approximate surface area is 175 Å². The number of morpholine rings is 1. The quantitative estimate of drug-likeness (QED) is 0.693. The van der Waals surface area contributed by atoms with Gasteiger partial charge in [-0.15, -0.1) is 11.3 Å². The molecule has 29 heavy (non-hydrogen) atoms. The van der Waals surface area contributed by atoms with Gasteiger partial charge in [0.15, 0.2) is 0 Å². The molecule has 0 amide bonds. The number of anilines is 1. The van der Waals surface area contributed by atoms with E-state index in [9.17, 15) is 0 Å². The van der Waals surface area contributed by atoms with E-state index in [1.165, 1.54) is 46.2 Å². The van der Waals surface area contributed by atoms with Gasteiger partial charge in [0.25, 0.3) is 0 Å². The fourth-order valence-electron chi connectivity index (χ4n) is 4.24. The second-order valence-electron chi connectivity index (χ2n) is 7.92. The van der Waals surface area contributed by atoms with Gasteiger partial charge in [-0.2, -0.15) is 0 Å². The molecule has 0 aromatic carbocycles. The number of fused-ring (bicyclic) bond motifs is 3. The van der Waals surface area contributed by atoms with Gasteiger partial charge in [0, 0.05) is 36.9 Å². The lowest BCUT2D eigenvalue weighted by molar-refractivity contribution is 0.0331. The van der Waals surface area contributed by atoms with E-state index in [0.717, 1.165) is 62.3 Å². The summed E-state index contributed by atoms with van der Waals surface area (Å²) in [6.45, 7) is 7.12. The highest BCUT2D eigenvalue weighted by molar-refractivity contribution is 7.19. The normalized spacial score (nSPS) is 17.4. The van der Waals surface area contributed by atoms with Crippen molar-refractivity contribution in [2.75, 3.05) is 31.6 Å². The number of ether oxygens (including phenoxy) is 1. The largest absolute Gasteiger partial charge is 0.379 e. The molecule has 4 heterocycles. The van der Waals surface area contributed by atoms with E-state index < -0.39 is 0 Å². The average molecular weight is 410 g/mol. The number of aromatic nitrogens is 3. The van der Waals surface area contributed by atoms with Gasteiger partial charge in [-0.3, -0.25) is 9.88 Å². The number of nitrogens with zero attached hydrogens (tertiary/aromatic N) is 4. The van der Waals surface area contributed by atoms with Crippen LogP contribution in [0.25, 0.3) is 10.2 Å². The standard InChI is InChI=1S/C22H27N5OS/c1-15-12-23-7-6-16(15)13-24-21-20-17-4-2-3-5-18(17)29-22(20)26-19(25-21)14-27-8-10-28-11-9-27/h6-7,12H,2-5,8-11,13-14H2,1H3,(H,24,25,26). The molecule has 1 fully saturated rings. The zero-order valence-electron chi connectivity index (χ0n) is 16.9. The summed E-state index contributed by atoms with van der Waals surface area (Å²) >= 11 is 1.87. The van der Waals surface area contributed by atoms with Gasteiger partial charge in [-0.25, -0.2) is 9.97 Å². The third-order valence-electron chi connectivity index (χ3n) is 5.91. The number of rotatable bonds is 5. The van der Waals surface area contributed by atoms with Crippen molar-refractivity contribution in [3.8, 4) is 0 Å². The molecule has 2 aliphatic rings. The molecule has 1 N–H and O–H groups in total. The average Bonchev–Trinajstić information content (AvgIpc) is 3.12. The van der Waals surface area contributed by atoms with Gasteiger partial charge < -0.3 is 10.1 Å². The minimum atomic E-state index is 0.752. The van der Waals surface area contributed by atoms with Crippen LogP contribution in [0.3, 0.4) is 0 Å². The Bertz CT molecular complexity index is 1010. The van der Waals surface area contributed by atoms with Crippen LogP contribution in [0.15, 0.2) is 18.5 Å². The molecule has 0 spiro atoms. The molecule has 6 nitrogen and oxygen atoms in total. The Morgan fingerprint density at radius 3 is 2.90 bits per heavy atom. The highest BCUT2D eigenvalue weighted by Gasteiger charge is 2.22. The summed E-state index contributed by atoms with van der Waals surface area (Å²) < 4.78 is 5.49. The van der Waals surface area contributed by atoms with Crippen LogP contribution in [0.1, 0.15) is 40.2 Å². The Hall–Kier alpha value is -2.09. The summed E-state index contributed by atoms with van der Waals surface area (Å²) in [6.07, 6.45) is 8.64. The van der Waals surface area contributed by atoms with Crippen molar-refractivity contribution in [3.63, 3.8) is 0 Å². The molecule has 0 saturated carbocycles. The van der Waals surface area contributed by atoms with Crippen molar-refractivity contribution in [1.82, 2.24) is 19.9 Å². The van der Waals surface area contributed by atoms with Crippen molar-refractivity contribution in [3.05, 3.63) is 45.9 Å². The van der Waals surface area contributed by atoms with E-state index >= 15 is 0 Å². The lowest BCUT2D eigenvalue weighted by Gasteiger charge is -2.25. The minimum absolute atomic E-state index is 0.752. The van der Waals surface area contributed by atoms with Gasteiger partial charge in [-0.1, -0.05) is 0 Å². The predicted octanol–water partition coefficient (Wildman–Crippen LogP) is 3.72. The third kappa shape index (κ3) is 3.99. The smallest absolute Gasteiger partial charge is 0.146 e. The fourth-order valence-corrected chi connectivity index (χ4v) is 5.52. The number of aryl methyl sites for hydroxylation is 3. The van der Waals surface area contributed by atoms with Gasteiger partial charge >= 0.3 is 0 Å². The van der Waals surface area contributed by atoms with Crippen LogP contribution in [0.5, 0.6) is 0 Å². The highest BCUT2D eigenvalue weighted by atomic mass is 32.1. The third-order valence-corrected chi connectivity index (χ3v) is 7.10. The van der Waals surface area contributed by atoms with Crippen LogP contribution in [0.2, 0.25) is 0 Å². The first-order valence-electron chi connectivity index (χ1n) is 10.5. The Morgan fingerprint density at radius 2 is 2.03 bits per heavy atom. The zero-order chi connectivity index (χ0) is 19.6. The van der Waals surface area contributed by atoms with Crippen LogP contribution in [-0.4, -0.2) is 46.2 Å². The first kappa shape index (κ1) is 18.9. The fraction of sp³-hybridized carbons (Fsp3) is 0.500. The lowest BCUT2D eigenvalue weighted by atomic mass is 9.97. The molecule has 0 unspecified atom stereocenters. The van der Waals surface area contributed by atoms with Gasteiger partial charge in [0.2, 0.25) is 0 Å². The summed E-state index contributed by atoms with van der Waals surface area (Å²) in [5.74, 6) is 1.90. The maximum Gasteiger partial charge on any atom is 0.146 e. The van der Waals surface area contributed by atoms with Crippen molar-refractivity contribution in [2.45, 2.75) is 45.7 Å². The summed E-state index contributed by atoms with van der Waals surface area (Å²) in [7, 11) is 0. The maximum atomic E-state index is 5.49. The topological polar surface area (TPSA) is 63.2 Å². The molecule has 0 radical (unpaired) electrons. The molecule has 7 heteroatoms. The monoisotopic (exact) mass is 409 g/mol. The van der Waals surface area contributed by atoms with E-state index in [1.807, 2.05) is 23.7 Å². The van der Waals surface area contributed by atoms with Crippen LogP contribution in [0, 0.1) is 6.92 Å². The van der Waals surface area contributed by atoms with Crippen LogP contribution >= 0.6 is 11.3 Å². The summed E-state index contributed by atoms with van der Waals surface area (Å²) in [4.78, 5) is 19.2. The molecular weight excluding hydrogens is 382 g/mol. The lowest BCUT2D eigenvalue weighted by Crippen LogP contribution is -2.36. The van der Waals surface area contributed by atoms with Gasteiger partial charge in [0.1, 0.15) is 16.5 Å². The van der Waals surface area contributed by atoms with E-state index in [-0.39, 0.29) is 0 Å². The van der Waals surface area contributed by atoms with Crippen molar-refractivity contribution in [2.24, 2.45) is 0 Å². The van der Waals surface area contributed by atoms with Crippen molar-refractivity contribution in [1.29, 1.82) is 0 Å². The van der Waals surface area contributed by atoms with E-state index in [0.29, 0.717) is 0 Å². The number of thiophene rings is 1. The molecule has 0 bridgehead atoms. The molecule has 3 aromatic heterocycles. The molecule has 1 aliphatic heterocycles. The Balaban J connectivity index is 1.49. The van der Waals surface area contributed by atoms with Crippen molar-refractivity contribution < 1.29 is 4.74 Å². The number of hydrogen-bond acceptors (Lipinski definition) is 7. The van der Waals surface area contributed by atoms with E-state index in [4.69, 9.17) is 14.7 Å². The SMILES string of the molecule is Cc1cnccc1CNc1nc(CN2CCOCC2)nc2sc3c(c12)CCCC3. The van der Waals surface area contributed by atoms with Crippen LogP contribution in [-0.2, 0) is 30.7 Å². The molecule has 1 aliphatic carbocycles. The highest BCUT2D eigenvalue weighted by Crippen LogP contribution is 2.38. The van der Waals surface area contributed by atoms with Crippen molar-refractivity contribution >= 4 is 27.4 Å². The van der Waals surface area contributed by atoms with Crippen LogP contribution < -0.4 is 5.32 Å². The second-order valence-corrected chi connectivity index (χ2v) is 9.01. The molecule has 1 saturated heterocycles. The zero-order valence-corrected chi connectivity index (χ0v) is 17.7. The Kier molecular flexibility index (Phi) is 5.44. The molecule has 3 aromatic rings. The second kappa shape index (κ2) is 8.34. The first-order chi connectivity index (χ1) is 14.3. The van der Waals surface area contributed by atoms with E-state index in [2.05, 4.69) is 28.2 Å². The molecule has 152 valence electrons. The van der Waals surface area contributed by atoms with Gasteiger partial charge in [0.05, 0.1) is 25.1 Å². The van der Waals surface area contributed by atoms with Crippen LogP contribution in [0.4, 0.5) is 5.82 Å². The Morgan fingerprint density at radius 1 is 1.17 bits per heavy atom. The number of pyridine rings is 1. The predicted molar refractivity (Wildman–Crippen MR) is 116 cm³/mol. The summed E-state index contributed by atoms with van der Waals surface area (Å²) in [6, 6.07) is 2.08. The maximum absolute atomic E-state index is 5.49. The minimum Gasteiger partial charge on any atom is -0.379 e. The first-order valence-corrected chi connectivity index (χ1v) is 11.3. The molecule has 0 atom stereocenters. The summed E-state index contributed by atoms with van der Waals surface area (Å²) in [5, 5.41) is 4.90. The number of hydrogen-bond donors (Lipinski definition) is 1. The van der Waals surface area contributed by atoms with Gasteiger partial charge in [-0.05, 0) is 55.4 Å². The summed E-state index contributed by atoms with van der Waals surface area (Å²) in [5.41, 5.74) is 3.93. The number of nitrogens with one attached hydrogen (secondary N) is 1. The molecule has 5 rings (SSSR count). The molecular formula is C22H27N5OS.